The molecule has 0 saturated carbocycles. The van der Waals surface area contributed by atoms with Gasteiger partial charge in [0.25, 0.3) is 0 Å². The largest absolute Gasteiger partial charge is 0.320 e. The molecule has 0 bridgehead atoms. The third-order valence-electron chi connectivity index (χ3n) is 2.50. The maximum atomic E-state index is 13.6. The Morgan fingerprint density at radius 2 is 2.06 bits per heavy atom. The molecule has 1 unspecified atom stereocenters. The lowest BCUT2D eigenvalue weighted by molar-refractivity contribution is 0.495. The summed E-state index contributed by atoms with van der Waals surface area (Å²) in [4.78, 5) is 1.87. The molecule has 17 heavy (non-hydrogen) atoms. The Kier molecular flexibility index (Phi) is 3.61. The van der Waals surface area contributed by atoms with Crippen molar-refractivity contribution in [3.05, 3.63) is 55.7 Å². The molecular formula is C12H10BrF2NS. The fourth-order valence-electron chi connectivity index (χ4n) is 1.55. The molecule has 1 atom stereocenters. The molecule has 0 radical (unpaired) electrons. The van der Waals surface area contributed by atoms with Gasteiger partial charge in [-0.25, -0.2) is 8.78 Å². The van der Waals surface area contributed by atoms with E-state index in [0.29, 0.717) is 0 Å². The summed E-state index contributed by atoms with van der Waals surface area (Å²) in [5.41, 5.74) is 6.13. The van der Waals surface area contributed by atoms with E-state index in [4.69, 9.17) is 5.73 Å². The second-order valence-electron chi connectivity index (χ2n) is 3.67. The maximum absolute atomic E-state index is 13.6. The summed E-state index contributed by atoms with van der Waals surface area (Å²) < 4.78 is 27.6. The van der Waals surface area contributed by atoms with Crippen LogP contribution in [-0.2, 0) is 0 Å². The normalized spacial score (nSPS) is 12.8. The molecule has 2 aromatic rings. The zero-order valence-corrected chi connectivity index (χ0v) is 11.4. The van der Waals surface area contributed by atoms with Gasteiger partial charge < -0.3 is 5.73 Å². The summed E-state index contributed by atoms with van der Waals surface area (Å²) in [6.45, 7) is 1.94. The highest BCUT2D eigenvalue weighted by molar-refractivity contribution is 9.10. The van der Waals surface area contributed by atoms with Crippen molar-refractivity contribution in [2.24, 2.45) is 5.73 Å². The first-order chi connectivity index (χ1) is 8.00. The Labute approximate surface area is 110 Å². The molecule has 0 fully saturated rings. The average molecular weight is 318 g/mol. The van der Waals surface area contributed by atoms with Crippen LogP contribution < -0.4 is 5.73 Å². The highest BCUT2D eigenvalue weighted by Crippen LogP contribution is 2.33. The molecule has 0 spiro atoms. The number of thiophene rings is 1. The van der Waals surface area contributed by atoms with E-state index < -0.39 is 17.7 Å². The number of nitrogens with two attached hydrogens (primary N) is 1. The maximum Gasteiger partial charge on any atom is 0.163 e. The minimum absolute atomic E-state index is 0.179. The minimum Gasteiger partial charge on any atom is -0.320 e. The first-order valence-corrected chi connectivity index (χ1v) is 6.57. The molecule has 1 aromatic carbocycles. The van der Waals surface area contributed by atoms with Crippen LogP contribution >= 0.6 is 27.3 Å². The molecule has 0 saturated heterocycles. The van der Waals surface area contributed by atoms with Crippen molar-refractivity contribution in [1.82, 2.24) is 0 Å². The summed E-state index contributed by atoms with van der Waals surface area (Å²) in [5, 5.41) is 0. The van der Waals surface area contributed by atoms with Crippen LogP contribution in [-0.4, -0.2) is 0 Å². The molecule has 1 heterocycles. The molecule has 2 rings (SSSR count). The van der Waals surface area contributed by atoms with Crippen LogP contribution in [0.3, 0.4) is 0 Å². The van der Waals surface area contributed by atoms with E-state index in [2.05, 4.69) is 15.9 Å². The molecule has 0 aliphatic heterocycles. The Morgan fingerprint density at radius 1 is 1.35 bits per heavy atom. The standard InChI is InChI=1S/C12H10BrF2NS/c1-6-8(13)5-10(17-6)12(16)7-3-2-4-9(14)11(7)15/h2-5,12H,16H2,1H3. The molecule has 1 nitrogen and oxygen atoms in total. The van der Waals surface area contributed by atoms with E-state index in [1.165, 1.54) is 23.5 Å². The first kappa shape index (κ1) is 12.7. The van der Waals surface area contributed by atoms with E-state index in [1.54, 1.807) is 0 Å². The second-order valence-corrected chi connectivity index (χ2v) is 5.82. The van der Waals surface area contributed by atoms with E-state index in [0.717, 1.165) is 20.3 Å². The van der Waals surface area contributed by atoms with Gasteiger partial charge in [0.05, 0.1) is 6.04 Å². The highest BCUT2D eigenvalue weighted by Gasteiger charge is 2.18. The smallest absolute Gasteiger partial charge is 0.163 e. The molecule has 5 heteroatoms. The summed E-state index contributed by atoms with van der Waals surface area (Å²) in [6.07, 6.45) is 0. The van der Waals surface area contributed by atoms with Crippen molar-refractivity contribution in [1.29, 1.82) is 0 Å². The van der Waals surface area contributed by atoms with Gasteiger partial charge in [-0.3, -0.25) is 0 Å². The molecule has 1 aromatic heterocycles. The van der Waals surface area contributed by atoms with Crippen LogP contribution in [0.25, 0.3) is 0 Å². The lowest BCUT2D eigenvalue weighted by atomic mass is 10.1. The zero-order chi connectivity index (χ0) is 12.6. The fraction of sp³-hybridized carbons (Fsp3) is 0.167. The number of benzene rings is 1. The highest BCUT2D eigenvalue weighted by atomic mass is 79.9. The number of rotatable bonds is 2. The van der Waals surface area contributed by atoms with Crippen molar-refractivity contribution in [3.8, 4) is 0 Å². The van der Waals surface area contributed by atoms with Gasteiger partial charge in [-0.15, -0.1) is 11.3 Å². The summed E-state index contributed by atoms with van der Waals surface area (Å²) in [5.74, 6) is -1.74. The Morgan fingerprint density at radius 3 is 2.65 bits per heavy atom. The van der Waals surface area contributed by atoms with Gasteiger partial charge in [0, 0.05) is 19.8 Å². The molecule has 0 amide bonds. The van der Waals surface area contributed by atoms with Crippen LogP contribution in [0.2, 0.25) is 0 Å². The molecule has 2 N–H and O–H groups in total. The third-order valence-corrected chi connectivity index (χ3v) is 4.72. The van der Waals surface area contributed by atoms with Crippen molar-refractivity contribution in [2.45, 2.75) is 13.0 Å². The quantitative estimate of drug-likeness (QED) is 0.884. The summed E-state index contributed by atoms with van der Waals surface area (Å²) >= 11 is 4.85. The second kappa shape index (κ2) is 4.84. The van der Waals surface area contributed by atoms with Gasteiger partial charge >= 0.3 is 0 Å². The van der Waals surface area contributed by atoms with E-state index >= 15 is 0 Å². The molecule has 0 aliphatic carbocycles. The van der Waals surface area contributed by atoms with Gasteiger partial charge in [0.15, 0.2) is 11.6 Å². The number of hydrogen-bond donors (Lipinski definition) is 1. The van der Waals surface area contributed by atoms with Gasteiger partial charge in [-0.1, -0.05) is 12.1 Å². The Balaban J connectivity index is 2.43. The molecule has 90 valence electrons. The summed E-state index contributed by atoms with van der Waals surface area (Å²) in [7, 11) is 0. The predicted molar refractivity (Wildman–Crippen MR) is 69.1 cm³/mol. The molecule has 0 aliphatic rings. The van der Waals surface area contributed by atoms with Gasteiger partial charge in [-0.05, 0) is 35.0 Å². The van der Waals surface area contributed by atoms with Crippen LogP contribution in [0, 0.1) is 18.6 Å². The van der Waals surface area contributed by atoms with Crippen LogP contribution in [0.5, 0.6) is 0 Å². The SMILES string of the molecule is Cc1sc(C(N)c2cccc(F)c2F)cc1Br. The van der Waals surface area contributed by atoms with Crippen molar-refractivity contribution in [3.63, 3.8) is 0 Å². The predicted octanol–water partition coefficient (Wildman–Crippen LogP) is 4.15. The number of halogens is 3. The van der Waals surface area contributed by atoms with Crippen LogP contribution in [0.4, 0.5) is 8.78 Å². The number of aryl methyl sites for hydroxylation is 1. The van der Waals surface area contributed by atoms with Crippen molar-refractivity contribution < 1.29 is 8.78 Å². The first-order valence-electron chi connectivity index (χ1n) is 4.96. The monoisotopic (exact) mass is 317 g/mol. The topological polar surface area (TPSA) is 26.0 Å². The lowest BCUT2D eigenvalue weighted by Gasteiger charge is -2.11. The van der Waals surface area contributed by atoms with Gasteiger partial charge in [-0.2, -0.15) is 0 Å². The third kappa shape index (κ3) is 2.41. The minimum atomic E-state index is -0.873. The lowest BCUT2D eigenvalue weighted by Crippen LogP contribution is -2.12. The van der Waals surface area contributed by atoms with Gasteiger partial charge in [0.2, 0.25) is 0 Å². The average Bonchev–Trinajstić information content (AvgIpc) is 2.62. The Bertz CT molecular complexity index is 534. The molecular weight excluding hydrogens is 308 g/mol. The van der Waals surface area contributed by atoms with E-state index in [9.17, 15) is 8.78 Å². The van der Waals surface area contributed by atoms with Crippen LogP contribution in [0.1, 0.15) is 21.4 Å². The fourth-order valence-corrected chi connectivity index (χ4v) is 3.13. The van der Waals surface area contributed by atoms with Crippen molar-refractivity contribution >= 4 is 27.3 Å². The summed E-state index contributed by atoms with van der Waals surface area (Å²) in [6, 6.07) is 5.26. The van der Waals surface area contributed by atoms with E-state index in [1.807, 2.05) is 13.0 Å². The zero-order valence-electron chi connectivity index (χ0n) is 9.01. The van der Waals surface area contributed by atoms with E-state index in [-0.39, 0.29) is 5.56 Å². The van der Waals surface area contributed by atoms with Crippen LogP contribution in [0.15, 0.2) is 28.7 Å². The number of hydrogen-bond acceptors (Lipinski definition) is 2. The van der Waals surface area contributed by atoms with Crippen molar-refractivity contribution in [2.75, 3.05) is 0 Å². The van der Waals surface area contributed by atoms with Gasteiger partial charge in [0.1, 0.15) is 0 Å². The Hall–Kier alpha value is -0.780.